The highest BCUT2D eigenvalue weighted by Crippen LogP contribution is 2.24. The van der Waals surface area contributed by atoms with Crippen molar-refractivity contribution in [1.29, 1.82) is 0 Å². The molecule has 1 aliphatic rings. The summed E-state index contributed by atoms with van der Waals surface area (Å²) in [5.41, 5.74) is 4.40. The van der Waals surface area contributed by atoms with E-state index >= 15 is 0 Å². The van der Waals surface area contributed by atoms with Crippen LogP contribution in [-0.4, -0.2) is 34.8 Å². The van der Waals surface area contributed by atoms with Crippen molar-refractivity contribution in [1.82, 2.24) is 15.2 Å². The Hall–Kier alpha value is -2.69. The Kier molecular flexibility index (Phi) is 6.22. The van der Waals surface area contributed by atoms with Crippen molar-refractivity contribution in [2.75, 3.05) is 13.1 Å². The van der Waals surface area contributed by atoms with Crippen molar-refractivity contribution in [3.63, 3.8) is 0 Å². The van der Waals surface area contributed by atoms with Crippen molar-refractivity contribution < 1.29 is 9.59 Å². The summed E-state index contributed by atoms with van der Waals surface area (Å²) >= 11 is 0. The maximum absolute atomic E-state index is 12.8. The molecule has 2 heterocycles. The first-order valence-electron chi connectivity index (χ1n) is 9.59. The lowest BCUT2D eigenvalue weighted by Crippen LogP contribution is -2.41. The van der Waals surface area contributed by atoms with Gasteiger partial charge in [-0.15, -0.1) is 0 Å². The molecule has 1 N–H and O–H groups in total. The van der Waals surface area contributed by atoms with E-state index in [0.717, 1.165) is 30.4 Å². The molecule has 1 aromatic carbocycles. The second-order valence-corrected chi connectivity index (χ2v) is 7.25. The molecule has 5 nitrogen and oxygen atoms in total. The molecule has 3 rings (SSSR count). The van der Waals surface area contributed by atoms with E-state index in [1.807, 2.05) is 18.2 Å². The molecule has 2 amide bonds. The van der Waals surface area contributed by atoms with Gasteiger partial charge in [0.15, 0.2) is 0 Å². The van der Waals surface area contributed by atoms with Gasteiger partial charge >= 0.3 is 0 Å². The molecule has 0 unspecified atom stereocenters. The van der Waals surface area contributed by atoms with Crippen LogP contribution in [0.5, 0.6) is 0 Å². The van der Waals surface area contributed by atoms with E-state index in [4.69, 9.17) is 0 Å². The van der Waals surface area contributed by atoms with E-state index in [2.05, 4.69) is 36.3 Å². The average Bonchev–Trinajstić information content (AvgIpc) is 2.87. The number of aryl methyl sites for hydroxylation is 2. The van der Waals surface area contributed by atoms with E-state index in [9.17, 15) is 9.59 Å². The number of hydrogen-bond acceptors (Lipinski definition) is 3. The molecule has 0 aliphatic carbocycles. The standard InChI is InChI=1S/C22H27N3O2/c1-16-7-8-19(14-17(16)2)22(18-9-11-23-12-10-18)24-20(26)15-25-13-5-3-4-6-21(25)27/h7-12,14,22H,3-6,13,15H2,1-2H3,(H,24,26)/t22-/m0/s1. The molecule has 1 fully saturated rings. The summed E-state index contributed by atoms with van der Waals surface area (Å²) in [4.78, 5) is 30.7. The van der Waals surface area contributed by atoms with Gasteiger partial charge in [0, 0.05) is 25.4 Å². The first-order valence-corrected chi connectivity index (χ1v) is 9.59. The first-order chi connectivity index (χ1) is 13.0. The number of nitrogens with one attached hydrogen (secondary N) is 1. The summed E-state index contributed by atoms with van der Waals surface area (Å²) in [6.07, 6.45) is 6.93. The smallest absolute Gasteiger partial charge is 0.240 e. The van der Waals surface area contributed by atoms with Crippen molar-refractivity contribution in [2.45, 2.75) is 45.6 Å². The van der Waals surface area contributed by atoms with Crippen molar-refractivity contribution in [3.8, 4) is 0 Å². The largest absolute Gasteiger partial charge is 0.344 e. The third kappa shape index (κ3) is 4.94. The zero-order valence-electron chi connectivity index (χ0n) is 16.1. The molecule has 0 saturated carbocycles. The minimum absolute atomic E-state index is 0.0780. The van der Waals surface area contributed by atoms with Gasteiger partial charge in [0.1, 0.15) is 0 Å². The van der Waals surface area contributed by atoms with Crippen molar-refractivity contribution in [2.24, 2.45) is 0 Å². The molecule has 0 spiro atoms. The minimum Gasteiger partial charge on any atom is -0.344 e. The van der Waals surface area contributed by atoms with Crippen LogP contribution in [-0.2, 0) is 9.59 Å². The average molecular weight is 365 g/mol. The van der Waals surface area contributed by atoms with Crippen LogP contribution >= 0.6 is 0 Å². The zero-order chi connectivity index (χ0) is 19.2. The van der Waals surface area contributed by atoms with Crippen LogP contribution in [0.3, 0.4) is 0 Å². The predicted octanol–water partition coefficient (Wildman–Crippen LogP) is 3.31. The molecule has 0 bridgehead atoms. The summed E-state index contributed by atoms with van der Waals surface area (Å²) in [5.74, 6) is -0.0559. The summed E-state index contributed by atoms with van der Waals surface area (Å²) in [6.45, 7) is 4.92. The molecule has 2 aromatic rings. The monoisotopic (exact) mass is 365 g/mol. The topological polar surface area (TPSA) is 62.3 Å². The molecular weight excluding hydrogens is 338 g/mol. The Morgan fingerprint density at radius 1 is 1.07 bits per heavy atom. The van der Waals surface area contributed by atoms with E-state index in [-0.39, 0.29) is 24.4 Å². The van der Waals surface area contributed by atoms with E-state index in [1.54, 1.807) is 17.3 Å². The van der Waals surface area contributed by atoms with Crippen LogP contribution in [0, 0.1) is 13.8 Å². The number of hydrogen-bond donors (Lipinski definition) is 1. The highest BCUT2D eigenvalue weighted by atomic mass is 16.2. The lowest BCUT2D eigenvalue weighted by atomic mass is 9.96. The van der Waals surface area contributed by atoms with Crippen molar-refractivity contribution in [3.05, 3.63) is 65.0 Å². The third-order valence-corrected chi connectivity index (χ3v) is 5.21. The SMILES string of the molecule is Cc1ccc([C@@H](NC(=O)CN2CCCCCC2=O)c2ccncc2)cc1C. The lowest BCUT2D eigenvalue weighted by Gasteiger charge is -2.24. The highest BCUT2D eigenvalue weighted by molar-refractivity contribution is 5.85. The lowest BCUT2D eigenvalue weighted by molar-refractivity contribution is -0.135. The van der Waals surface area contributed by atoms with Gasteiger partial charge in [-0.2, -0.15) is 0 Å². The van der Waals surface area contributed by atoms with Crippen LogP contribution in [0.2, 0.25) is 0 Å². The van der Waals surface area contributed by atoms with Gasteiger partial charge in [-0.1, -0.05) is 24.6 Å². The Morgan fingerprint density at radius 3 is 2.59 bits per heavy atom. The molecular formula is C22H27N3O2. The minimum atomic E-state index is -0.262. The number of likely N-dealkylation sites (tertiary alicyclic amines) is 1. The number of amides is 2. The maximum atomic E-state index is 12.8. The second kappa shape index (κ2) is 8.80. The molecule has 1 atom stereocenters. The molecule has 142 valence electrons. The Labute approximate surface area is 160 Å². The second-order valence-electron chi connectivity index (χ2n) is 7.25. The molecule has 5 heteroatoms. The van der Waals surface area contributed by atoms with Gasteiger partial charge in [0.25, 0.3) is 0 Å². The van der Waals surface area contributed by atoms with E-state index in [0.29, 0.717) is 13.0 Å². The Bertz CT molecular complexity index is 804. The number of nitrogens with zero attached hydrogens (tertiary/aromatic N) is 2. The van der Waals surface area contributed by atoms with Crippen LogP contribution in [0.25, 0.3) is 0 Å². The van der Waals surface area contributed by atoms with Gasteiger partial charge in [0.05, 0.1) is 12.6 Å². The van der Waals surface area contributed by atoms with E-state index in [1.165, 1.54) is 11.1 Å². The number of carbonyl (C=O) groups excluding carboxylic acids is 2. The number of rotatable bonds is 5. The molecule has 1 saturated heterocycles. The van der Waals surface area contributed by atoms with Gasteiger partial charge in [-0.25, -0.2) is 0 Å². The summed E-state index contributed by atoms with van der Waals surface area (Å²) in [7, 11) is 0. The fourth-order valence-electron chi connectivity index (χ4n) is 3.44. The van der Waals surface area contributed by atoms with Gasteiger partial charge in [-0.3, -0.25) is 14.6 Å². The van der Waals surface area contributed by atoms with Crippen LogP contribution in [0.1, 0.15) is 54.0 Å². The fourth-order valence-corrected chi connectivity index (χ4v) is 3.44. The quantitative estimate of drug-likeness (QED) is 0.884. The maximum Gasteiger partial charge on any atom is 0.240 e. The number of aromatic nitrogens is 1. The summed E-state index contributed by atoms with van der Waals surface area (Å²) in [6, 6.07) is 9.79. The van der Waals surface area contributed by atoms with Crippen LogP contribution in [0.4, 0.5) is 0 Å². The normalized spacial score (nSPS) is 15.9. The van der Waals surface area contributed by atoms with Gasteiger partial charge in [0.2, 0.25) is 11.8 Å². The zero-order valence-corrected chi connectivity index (χ0v) is 16.1. The number of pyridine rings is 1. The van der Waals surface area contributed by atoms with Gasteiger partial charge < -0.3 is 10.2 Å². The Morgan fingerprint density at radius 2 is 1.85 bits per heavy atom. The van der Waals surface area contributed by atoms with Gasteiger partial charge in [-0.05, 0) is 61.1 Å². The van der Waals surface area contributed by atoms with Crippen LogP contribution in [0.15, 0.2) is 42.7 Å². The summed E-state index contributed by atoms with van der Waals surface area (Å²) < 4.78 is 0. The molecule has 1 aromatic heterocycles. The first kappa shape index (κ1) is 19.1. The van der Waals surface area contributed by atoms with Crippen LogP contribution < -0.4 is 5.32 Å². The fraction of sp³-hybridized carbons (Fsp3) is 0.409. The highest BCUT2D eigenvalue weighted by Gasteiger charge is 2.22. The molecule has 27 heavy (non-hydrogen) atoms. The third-order valence-electron chi connectivity index (χ3n) is 5.21. The van der Waals surface area contributed by atoms with E-state index < -0.39 is 0 Å². The van der Waals surface area contributed by atoms with Crippen molar-refractivity contribution >= 4 is 11.8 Å². The number of carbonyl (C=O) groups is 2. The predicted molar refractivity (Wildman–Crippen MR) is 105 cm³/mol. The molecule has 0 radical (unpaired) electrons. The molecule has 1 aliphatic heterocycles. The summed E-state index contributed by atoms with van der Waals surface area (Å²) in [5, 5.41) is 3.12. The number of benzene rings is 1. The Balaban J connectivity index is 1.79.